The summed E-state index contributed by atoms with van der Waals surface area (Å²) < 4.78 is 10.9. The lowest BCUT2D eigenvalue weighted by molar-refractivity contribution is -0.118. The highest BCUT2D eigenvalue weighted by Gasteiger charge is 2.05. The van der Waals surface area contributed by atoms with Crippen LogP contribution >= 0.6 is 0 Å². The maximum atomic E-state index is 11.9. The molecule has 1 amide bonds. The Balaban J connectivity index is 1.91. The van der Waals surface area contributed by atoms with Crippen molar-refractivity contribution in [2.45, 2.75) is 20.8 Å². The van der Waals surface area contributed by atoms with Crippen molar-refractivity contribution in [3.05, 3.63) is 53.6 Å². The van der Waals surface area contributed by atoms with Crippen LogP contribution in [0.4, 0.5) is 5.69 Å². The third-order valence-electron chi connectivity index (χ3n) is 2.99. The van der Waals surface area contributed by atoms with Gasteiger partial charge in [0.15, 0.2) is 6.61 Å². The van der Waals surface area contributed by atoms with E-state index in [1.165, 1.54) is 0 Å². The molecule has 0 aromatic heterocycles. The molecule has 2 rings (SSSR count). The largest absolute Gasteiger partial charge is 0.494 e. The third kappa shape index (κ3) is 4.81. The summed E-state index contributed by atoms with van der Waals surface area (Å²) in [6.45, 7) is 6.48. The van der Waals surface area contributed by atoms with Crippen LogP contribution in [0.2, 0.25) is 0 Å². The van der Waals surface area contributed by atoms with Crippen molar-refractivity contribution in [1.82, 2.24) is 0 Å². The average Bonchev–Trinajstić information content (AvgIpc) is 2.45. The van der Waals surface area contributed by atoms with E-state index in [9.17, 15) is 4.79 Å². The molecule has 0 saturated carbocycles. The molecule has 0 spiro atoms. The second kappa shape index (κ2) is 7.50. The molecule has 0 atom stereocenters. The van der Waals surface area contributed by atoms with Gasteiger partial charge >= 0.3 is 0 Å². The number of rotatable bonds is 6. The zero-order chi connectivity index (χ0) is 15.9. The number of anilines is 1. The summed E-state index contributed by atoms with van der Waals surface area (Å²) in [6, 6.07) is 13.2. The Morgan fingerprint density at radius 3 is 2.41 bits per heavy atom. The second-order valence-electron chi connectivity index (χ2n) is 5.12. The maximum Gasteiger partial charge on any atom is 0.262 e. The Morgan fingerprint density at radius 2 is 1.73 bits per heavy atom. The molecule has 0 radical (unpaired) electrons. The van der Waals surface area contributed by atoms with E-state index in [4.69, 9.17) is 9.47 Å². The van der Waals surface area contributed by atoms with Crippen LogP contribution in [0.1, 0.15) is 18.1 Å². The van der Waals surface area contributed by atoms with Crippen molar-refractivity contribution in [3.8, 4) is 11.5 Å². The van der Waals surface area contributed by atoms with E-state index >= 15 is 0 Å². The molecule has 0 aliphatic heterocycles. The Kier molecular flexibility index (Phi) is 5.42. The summed E-state index contributed by atoms with van der Waals surface area (Å²) in [5.74, 6) is 1.24. The summed E-state index contributed by atoms with van der Waals surface area (Å²) in [5, 5.41) is 2.80. The third-order valence-corrected chi connectivity index (χ3v) is 2.99. The zero-order valence-corrected chi connectivity index (χ0v) is 13.2. The molecular formula is C18H21NO3. The predicted molar refractivity (Wildman–Crippen MR) is 87.7 cm³/mol. The number of amides is 1. The molecular weight excluding hydrogens is 278 g/mol. The van der Waals surface area contributed by atoms with Crippen molar-refractivity contribution in [2.24, 2.45) is 0 Å². The van der Waals surface area contributed by atoms with Crippen LogP contribution in [-0.4, -0.2) is 19.1 Å². The predicted octanol–water partition coefficient (Wildman–Crippen LogP) is 3.72. The standard InChI is InChI=1S/C18H21NO3/c1-4-21-16-7-5-6-15(11-16)19-18(20)12-22-17-9-13(2)8-14(3)10-17/h5-11H,4,12H2,1-3H3,(H,19,20). The van der Waals surface area contributed by atoms with Crippen LogP contribution in [0.15, 0.2) is 42.5 Å². The summed E-state index contributed by atoms with van der Waals surface area (Å²) in [7, 11) is 0. The molecule has 1 N–H and O–H groups in total. The van der Waals surface area contributed by atoms with E-state index in [-0.39, 0.29) is 12.5 Å². The Morgan fingerprint density at radius 1 is 1.00 bits per heavy atom. The first-order valence-electron chi connectivity index (χ1n) is 7.30. The first-order valence-corrected chi connectivity index (χ1v) is 7.30. The normalized spacial score (nSPS) is 10.1. The molecule has 22 heavy (non-hydrogen) atoms. The minimum Gasteiger partial charge on any atom is -0.494 e. The van der Waals surface area contributed by atoms with Crippen molar-refractivity contribution in [2.75, 3.05) is 18.5 Å². The molecule has 0 bridgehead atoms. The molecule has 116 valence electrons. The van der Waals surface area contributed by atoms with Crippen molar-refractivity contribution < 1.29 is 14.3 Å². The number of nitrogens with one attached hydrogen (secondary N) is 1. The number of carbonyl (C=O) groups is 1. The van der Waals surface area contributed by atoms with Crippen molar-refractivity contribution >= 4 is 11.6 Å². The van der Waals surface area contributed by atoms with E-state index in [1.54, 1.807) is 6.07 Å². The number of carbonyl (C=O) groups excluding carboxylic acids is 1. The lowest BCUT2D eigenvalue weighted by atomic mass is 10.1. The van der Waals surface area contributed by atoms with E-state index in [0.29, 0.717) is 18.0 Å². The number of hydrogen-bond donors (Lipinski definition) is 1. The highest BCUT2D eigenvalue weighted by atomic mass is 16.5. The fourth-order valence-corrected chi connectivity index (χ4v) is 2.19. The average molecular weight is 299 g/mol. The molecule has 2 aromatic carbocycles. The van der Waals surface area contributed by atoms with Gasteiger partial charge in [-0.2, -0.15) is 0 Å². The van der Waals surface area contributed by atoms with Gasteiger partial charge < -0.3 is 14.8 Å². The van der Waals surface area contributed by atoms with Gasteiger partial charge in [0.05, 0.1) is 6.61 Å². The van der Waals surface area contributed by atoms with Crippen LogP contribution < -0.4 is 14.8 Å². The highest BCUT2D eigenvalue weighted by Crippen LogP contribution is 2.18. The smallest absolute Gasteiger partial charge is 0.262 e. The van der Waals surface area contributed by atoms with Crippen molar-refractivity contribution in [1.29, 1.82) is 0 Å². The van der Waals surface area contributed by atoms with Gasteiger partial charge in [-0.05, 0) is 56.2 Å². The fraction of sp³-hybridized carbons (Fsp3) is 0.278. The molecule has 2 aromatic rings. The van der Waals surface area contributed by atoms with E-state index < -0.39 is 0 Å². The van der Waals surface area contributed by atoms with Gasteiger partial charge in [-0.25, -0.2) is 0 Å². The lowest BCUT2D eigenvalue weighted by Gasteiger charge is -2.10. The van der Waals surface area contributed by atoms with Gasteiger partial charge in [0.2, 0.25) is 0 Å². The van der Waals surface area contributed by atoms with Crippen LogP contribution in [0.25, 0.3) is 0 Å². The summed E-state index contributed by atoms with van der Waals surface area (Å²) >= 11 is 0. The first kappa shape index (κ1) is 15.9. The Bertz CT molecular complexity index is 632. The number of aryl methyl sites for hydroxylation is 2. The lowest BCUT2D eigenvalue weighted by Crippen LogP contribution is -2.20. The monoisotopic (exact) mass is 299 g/mol. The molecule has 4 heteroatoms. The maximum absolute atomic E-state index is 11.9. The highest BCUT2D eigenvalue weighted by molar-refractivity contribution is 5.92. The van der Waals surface area contributed by atoms with Gasteiger partial charge in [-0.1, -0.05) is 12.1 Å². The minimum atomic E-state index is -0.201. The Hall–Kier alpha value is -2.49. The van der Waals surface area contributed by atoms with Crippen LogP contribution in [0.3, 0.4) is 0 Å². The molecule has 0 aliphatic rings. The fourth-order valence-electron chi connectivity index (χ4n) is 2.19. The molecule has 0 heterocycles. The van der Waals surface area contributed by atoms with Gasteiger partial charge in [0, 0.05) is 11.8 Å². The van der Waals surface area contributed by atoms with Gasteiger partial charge in [-0.3, -0.25) is 4.79 Å². The summed E-state index contributed by atoms with van der Waals surface area (Å²) in [5.41, 5.74) is 2.92. The van der Waals surface area contributed by atoms with Gasteiger partial charge in [-0.15, -0.1) is 0 Å². The number of ether oxygens (including phenoxy) is 2. The quantitative estimate of drug-likeness (QED) is 0.884. The number of benzene rings is 2. The Labute approximate surface area is 131 Å². The topological polar surface area (TPSA) is 47.6 Å². The van der Waals surface area contributed by atoms with Crippen LogP contribution in [0.5, 0.6) is 11.5 Å². The van der Waals surface area contributed by atoms with Gasteiger partial charge in [0.25, 0.3) is 5.91 Å². The van der Waals surface area contributed by atoms with Crippen molar-refractivity contribution in [3.63, 3.8) is 0 Å². The molecule has 0 unspecified atom stereocenters. The second-order valence-corrected chi connectivity index (χ2v) is 5.12. The zero-order valence-electron chi connectivity index (χ0n) is 13.2. The molecule has 0 aliphatic carbocycles. The van der Waals surface area contributed by atoms with E-state index in [0.717, 1.165) is 16.9 Å². The summed E-state index contributed by atoms with van der Waals surface area (Å²) in [4.78, 5) is 11.9. The van der Waals surface area contributed by atoms with Gasteiger partial charge in [0.1, 0.15) is 11.5 Å². The van der Waals surface area contributed by atoms with E-state index in [2.05, 4.69) is 11.4 Å². The minimum absolute atomic E-state index is 0.0260. The molecule has 4 nitrogen and oxygen atoms in total. The first-order chi connectivity index (χ1) is 10.6. The van der Waals surface area contributed by atoms with Crippen LogP contribution in [-0.2, 0) is 4.79 Å². The summed E-state index contributed by atoms with van der Waals surface area (Å²) in [6.07, 6.45) is 0. The van der Waals surface area contributed by atoms with Crippen LogP contribution in [0, 0.1) is 13.8 Å². The SMILES string of the molecule is CCOc1cccc(NC(=O)COc2cc(C)cc(C)c2)c1. The van der Waals surface area contributed by atoms with E-state index in [1.807, 2.05) is 51.1 Å². The number of hydrogen-bond acceptors (Lipinski definition) is 3. The molecule has 0 saturated heterocycles. The molecule has 0 fully saturated rings.